The van der Waals surface area contributed by atoms with E-state index in [4.69, 9.17) is 5.73 Å². The quantitative estimate of drug-likeness (QED) is 0.795. The van der Waals surface area contributed by atoms with Gasteiger partial charge in [0.2, 0.25) is 5.91 Å². The van der Waals surface area contributed by atoms with Gasteiger partial charge in [0.1, 0.15) is 0 Å². The van der Waals surface area contributed by atoms with E-state index in [-0.39, 0.29) is 11.8 Å². The van der Waals surface area contributed by atoms with Gasteiger partial charge in [-0.1, -0.05) is 13.8 Å². The molecule has 1 saturated carbocycles. The Morgan fingerprint density at radius 3 is 2.63 bits per heavy atom. The molecule has 2 unspecified atom stereocenters. The van der Waals surface area contributed by atoms with E-state index in [9.17, 15) is 9.59 Å². The molecule has 5 heteroatoms. The van der Waals surface area contributed by atoms with Gasteiger partial charge in [-0.2, -0.15) is 0 Å². The van der Waals surface area contributed by atoms with Gasteiger partial charge in [-0.05, 0) is 37.5 Å². The topological polar surface area (TPSA) is 75.4 Å². The van der Waals surface area contributed by atoms with Gasteiger partial charge in [0.25, 0.3) is 0 Å². The zero-order valence-corrected chi connectivity index (χ0v) is 11.9. The Morgan fingerprint density at radius 1 is 1.32 bits per heavy atom. The number of hydrogen-bond acceptors (Lipinski definition) is 2. The van der Waals surface area contributed by atoms with Gasteiger partial charge in [-0.15, -0.1) is 0 Å². The fourth-order valence-corrected chi connectivity index (χ4v) is 3.27. The number of nitrogens with two attached hydrogens (primary N) is 1. The number of rotatable bonds is 2. The van der Waals surface area contributed by atoms with Gasteiger partial charge in [-0.3, -0.25) is 4.79 Å². The Kier molecular flexibility index (Phi) is 4.02. The van der Waals surface area contributed by atoms with E-state index < -0.39 is 6.03 Å². The van der Waals surface area contributed by atoms with E-state index in [0.29, 0.717) is 24.5 Å². The highest BCUT2D eigenvalue weighted by Gasteiger charge is 2.34. The summed E-state index contributed by atoms with van der Waals surface area (Å²) in [6, 6.07) is -0.119. The molecule has 1 saturated heterocycles. The lowest BCUT2D eigenvalue weighted by Crippen LogP contribution is -2.48. The summed E-state index contributed by atoms with van der Waals surface area (Å²) in [6.07, 6.45) is 4.98. The third kappa shape index (κ3) is 3.61. The molecule has 0 spiro atoms. The molecule has 0 aromatic rings. The number of hydrogen-bond donors (Lipinski definition) is 2. The number of likely N-dealkylation sites (tertiary alicyclic amines) is 1. The van der Waals surface area contributed by atoms with Crippen LogP contribution in [0.1, 0.15) is 46.0 Å². The molecule has 1 heterocycles. The highest BCUT2D eigenvalue weighted by molar-refractivity contribution is 5.80. The second-order valence-electron chi connectivity index (χ2n) is 6.74. The van der Waals surface area contributed by atoms with Gasteiger partial charge >= 0.3 is 6.03 Å². The molecule has 2 rings (SSSR count). The molecule has 1 aliphatic heterocycles. The van der Waals surface area contributed by atoms with Crippen molar-refractivity contribution < 1.29 is 9.59 Å². The molecule has 108 valence electrons. The average molecular weight is 267 g/mol. The first-order valence-corrected chi connectivity index (χ1v) is 7.22. The second-order valence-corrected chi connectivity index (χ2v) is 6.74. The minimum Gasteiger partial charge on any atom is -0.353 e. The normalized spacial score (nSPS) is 30.1. The lowest BCUT2D eigenvalue weighted by Gasteiger charge is -2.31. The minimum atomic E-state index is -0.417. The average Bonchev–Trinajstić information content (AvgIpc) is 2.68. The number of piperidine rings is 1. The van der Waals surface area contributed by atoms with Crippen molar-refractivity contribution in [3.63, 3.8) is 0 Å². The number of carbonyl (C=O) groups excluding carboxylic acids is 2. The lowest BCUT2D eigenvalue weighted by atomic mass is 9.91. The number of primary amides is 1. The van der Waals surface area contributed by atoms with Crippen LogP contribution >= 0.6 is 0 Å². The Labute approximate surface area is 114 Å². The van der Waals surface area contributed by atoms with Crippen LogP contribution in [0.3, 0.4) is 0 Å². The molecule has 0 aromatic carbocycles. The smallest absolute Gasteiger partial charge is 0.314 e. The SMILES string of the molecule is CC1(C)CCC(NC(=O)C2CCCN(C(N)=O)C2)C1. The summed E-state index contributed by atoms with van der Waals surface area (Å²) in [5, 5.41) is 3.15. The highest BCUT2D eigenvalue weighted by atomic mass is 16.2. The molecule has 3 amide bonds. The summed E-state index contributed by atoms with van der Waals surface area (Å²) in [7, 11) is 0. The van der Waals surface area contributed by atoms with Crippen LogP contribution in [-0.4, -0.2) is 36.0 Å². The van der Waals surface area contributed by atoms with Crippen molar-refractivity contribution in [1.82, 2.24) is 10.2 Å². The Morgan fingerprint density at radius 2 is 2.05 bits per heavy atom. The standard InChI is InChI=1S/C14H25N3O2/c1-14(2)6-5-11(8-14)16-12(18)10-4-3-7-17(9-10)13(15)19/h10-11H,3-9H2,1-2H3,(H2,15,19)(H,16,18). The van der Waals surface area contributed by atoms with Crippen LogP contribution in [0, 0.1) is 11.3 Å². The van der Waals surface area contributed by atoms with E-state index in [1.54, 1.807) is 4.90 Å². The van der Waals surface area contributed by atoms with Crippen LogP contribution in [0.4, 0.5) is 4.79 Å². The van der Waals surface area contributed by atoms with Gasteiger partial charge in [0.15, 0.2) is 0 Å². The zero-order chi connectivity index (χ0) is 14.0. The van der Waals surface area contributed by atoms with E-state index in [1.807, 2.05) is 0 Å². The summed E-state index contributed by atoms with van der Waals surface area (Å²) in [4.78, 5) is 25.0. The minimum absolute atomic E-state index is 0.0913. The highest BCUT2D eigenvalue weighted by Crippen LogP contribution is 2.37. The number of nitrogens with one attached hydrogen (secondary N) is 1. The van der Waals surface area contributed by atoms with Crippen LogP contribution in [0.5, 0.6) is 0 Å². The number of nitrogens with zero attached hydrogens (tertiary/aromatic N) is 1. The van der Waals surface area contributed by atoms with Crippen molar-refractivity contribution in [2.75, 3.05) is 13.1 Å². The third-order valence-corrected chi connectivity index (χ3v) is 4.42. The van der Waals surface area contributed by atoms with Crippen molar-refractivity contribution in [3.8, 4) is 0 Å². The number of carbonyl (C=O) groups is 2. The van der Waals surface area contributed by atoms with Crippen LogP contribution < -0.4 is 11.1 Å². The van der Waals surface area contributed by atoms with Crippen LogP contribution in [0.25, 0.3) is 0 Å². The lowest BCUT2D eigenvalue weighted by molar-refractivity contribution is -0.127. The molecule has 0 bridgehead atoms. The second kappa shape index (κ2) is 5.39. The van der Waals surface area contributed by atoms with Gasteiger partial charge in [0, 0.05) is 19.1 Å². The van der Waals surface area contributed by atoms with E-state index in [0.717, 1.165) is 32.1 Å². The van der Waals surface area contributed by atoms with E-state index >= 15 is 0 Å². The maximum Gasteiger partial charge on any atom is 0.314 e. The molecule has 19 heavy (non-hydrogen) atoms. The molecule has 2 atom stereocenters. The summed E-state index contributed by atoms with van der Waals surface area (Å²) < 4.78 is 0. The first-order valence-electron chi connectivity index (χ1n) is 7.22. The van der Waals surface area contributed by atoms with Gasteiger partial charge in [-0.25, -0.2) is 4.79 Å². The van der Waals surface area contributed by atoms with Crippen LogP contribution in [-0.2, 0) is 4.79 Å². The summed E-state index contributed by atoms with van der Waals surface area (Å²) >= 11 is 0. The molecule has 2 aliphatic rings. The van der Waals surface area contributed by atoms with Gasteiger partial charge < -0.3 is 16.0 Å². The first kappa shape index (κ1) is 14.2. The third-order valence-electron chi connectivity index (χ3n) is 4.42. The molecular formula is C14H25N3O2. The molecule has 0 radical (unpaired) electrons. The number of urea groups is 1. The summed E-state index contributed by atoms with van der Waals surface area (Å²) in [5.41, 5.74) is 5.62. The van der Waals surface area contributed by atoms with Crippen LogP contribution in [0.15, 0.2) is 0 Å². The Hall–Kier alpha value is -1.26. The van der Waals surface area contributed by atoms with Crippen molar-refractivity contribution >= 4 is 11.9 Å². The predicted octanol–water partition coefficient (Wildman–Crippen LogP) is 1.47. The molecule has 1 aliphatic carbocycles. The van der Waals surface area contributed by atoms with Crippen LogP contribution in [0.2, 0.25) is 0 Å². The monoisotopic (exact) mass is 267 g/mol. The first-order chi connectivity index (χ1) is 8.87. The fraction of sp³-hybridized carbons (Fsp3) is 0.857. The molecule has 2 fully saturated rings. The Bertz CT molecular complexity index is 368. The fourth-order valence-electron chi connectivity index (χ4n) is 3.27. The predicted molar refractivity (Wildman–Crippen MR) is 73.4 cm³/mol. The van der Waals surface area contributed by atoms with Crippen molar-refractivity contribution in [3.05, 3.63) is 0 Å². The zero-order valence-electron chi connectivity index (χ0n) is 11.9. The maximum atomic E-state index is 12.2. The van der Waals surface area contributed by atoms with Crippen molar-refractivity contribution in [2.24, 2.45) is 17.1 Å². The van der Waals surface area contributed by atoms with E-state index in [1.165, 1.54) is 0 Å². The number of amides is 3. The Balaban J connectivity index is 1.85. The van der Waals surface area contributed by atoms with E-state index in [2.05, 4.69) is 19.2 Å². The molecular weight excluding hydrogens is 242 g/mol. The molecule has 3 N–H and O–H groups in total. The largest absolute Gasteiger partial charge is 0.353 e. The maximum absolute atomic E-state index is 12.2. The molecule has 0 aromatic heterocycles. The van der Waals surface area contributed by atoms with Crippen molar-refractivity contribution in [2.45, 2.75) is 52.0 Å². The molecule has 5 nitrogen and oxygen atoms in total. The van der Waals surface area contributed by atoms with Crippen molar-refractivity contribution in [1.29, 1.82) is 0 Å². The van der Waals surface area contributed by atoms with Gasteiger partial charge in [0.05, 0.1) is 5.92 Å². The summed E-state index contributed by atoms with van der Waals surface area (Å²) in [6.45, 7) is 5.63. The summed E-state index contributed by atoms with van der Waals surface area (Å²) in [5.74, 6) is -0.00128.